The fourth-order valence-electron chi connectivity index (χ4n) is 1.30. The molecule has 1 atom stereocenters. The lowest BCUT2D eigenvalue weighted by Crippen LogP contribution is -2.43. The van der Waals surface area contributed by atoms with Crippen LogP contribution in [0.25, 0.3) is 0 Å². The maximum atomic E-state index is 11.5. The van der Waals surface area contributed by atoms with Crippen molar-refractivity contribution in [1.29, 1.82) is 0 Å². The third-order valence-corrected chi connectivity index (χ3v) is 3.31. The maximum absolute atomic E-state index is 11.5. The van der Waals surface area contributed by atoms with Gasteiger partial charge >= 0.3 is 12.1 Å². The Bertz CT molecular complexity index is 368. The van der Waals surface area contributed by atoms with Crippen LogP contribution in [0.15, 0.2) is 0 Å². The number of thioether (sulfide) groups is 1. The zero-order valence-electron chi connectivity index (χ0n) is 12.9. The van der Waals surface area contributed by atoms with Crippen molar-refractivity contribution in [3.05, 3.63) is 0 Å². The number of carbonyl (C=O) groups is 3. The van der Waals surface area contributed by atoms with E-state index in [0.717, 1.165) is 0 Å². The predicted octanol–water partition coefficient (Wildman–Crippen LogP) is 1.22. The molecule has 0 saturated heterocycles. The summed E-state index contributed by atoms with van der Waals surface area (Å²) in [6, 6.07) is -0.993. The van der Waals surface area contributed by atoms with E-state index in [4.69, 9.17) is 9.84 Å². The van der Waals surface area contributed by atoms with Crippen molar-refractivity contribution in [3.8, 4) is 0 Å². The van der Waals surface area contributed by atoms with Gasteiger partial charge < -0.3 is 20.5 Å². The maximum Gasteiger partial charge on any atom is 0.408 e. The first kappa shape index (κ1) is 19.6. The number of rotatable bonds is 8. The number of hydrogen-bond donors (Lipinski definition) is 3. The average molecular weight is 320 g/mol. The van der Waals surface area contributed by atoms with Crippen LogP contribution in [0.1, 0.15) is 33.6 Å². The second-order valence-electron chi connectivity index (χ2n) is 5.36. The molecule has 0 bridgehead atoms. The van der Waals surface area contributed by atoms with Crippen molar-refractivity contribution >= 4 is 29.7 Å². The minimum absolute atomic E-state index is 0.0517. The molecule has 0 rings (SSSR count). The number of ether oxygens (including phenoxy) is 1. The fraction of sp³-hybridized carbons (Fsp3) is 0.769. The Morgan fingerprint density at radius 1 is 1.24 bits per heavy atom. The molecule has 0 aliphatic carbocycles. The molecular weight excluding hydrogens is 296 g/mol. The minimum atomic E-state index is -1.10. The number of carbonyl (C=O) groups excluding carboxylic acids is 2. The van der Waals surface area contributed by atoms with Gasteiger partial charge in [-0.15, -0.1) is 0 Å². The molecule has 0 aromatic rings. The molecule has 7 nitrogen and oxygen atoms in total. The highest BCUT2D eigenvalue weighted by Crippen LogP contribution is 2.09. The van der Waals surface area contributed by atoms with Crippen molar-refractivity contribution in [2.75, 3.05) is 18.6 Å². The number of alkyl carbamates (subject to hydrolysis) is 1. The third kappa shape index (κ3) is 10.9. The van der Waals surface area contributed by atoms with E-state index in [2.05, 4.69) is 10.6 Å². The molecule has 0 fully saturated rings. The third-order valence-electron chi connectivity index (χ3n) is 2.29. The molecule has 0 radical (unpaired) electrons. The van der Waals surface area contributed by atoms with E-state index in [1.54, 1.807) is 27.8 Å². The fourth-order valence-corrected chi connectivity index (χ4v) is 2.24. The molecule has 0 saturated carbocycles. The monoisotopic (exact) mass is 320 g/mol. The average Bonchev–Trinajstić information content (AvgIpc) is 2.34. The molecule has 0 aliphatic rings. The lowest BCUT2D eigenvalue weighted by Gasteiger charge is -2.21. The van der Waals surface area contributed by atoms with Crippen LogP contribution in [0.3, 0.4) is 0 Å². The normalized spacial score (nSPS) is 12.4. The van der Waals surface area contributed by atoms with Gasteiger partial charge in [0.15, 0.2) is 0 Å². The second-order valence-corrected chi connectivity index (χ2v) is 6.59. The number of nitrogens with one attached hydrogen (secondary N) is 2. The largest absolute Gasteiger partial charge is 0.480 e. The van der Waals surface area contributed by atoms with E-state index in [0.29, 0.717) is 17.9 Å². The standard InChI is InChI=1S/C13H24N2O5S/c1-13(2,3)20-12(19)15-9(11(17)18)5-7-21-8-6-10(16)14-4/h9H,5-8H2,1-4H3,(H,14,16)(H,15,19)(H,17,18). The second kappa shape index (κ2) is 9.49. The Kier molecular flexibility index (Phi) is 8.84. The summed E-state index contributed by atoms with van der Waals surface area (Å²) >= 11 is 1.47. The van der Waals surface area contributed by atoms with Crippen LogP contribution < -0.4 is 10.6 Å². The van der Waals surface area contributed by atoms with Crippen molar-refractivity contribution in [3.63, 3.8) is 0 Å². The van der Waals surface area contributed by atoms with Crippen LogP contribution in [0.2, 0.25) is 0 Å². The molecular formula is C13H24N2O5S. The van der Waals surface area contributed by atoms with E-state index in [9.17, 15) is 14.4 Å². The van der Waals surface area contributed by atoms with Gasteiger partial charge in [-0.05, 0) is 32.9 Å². The molecule has 2 amide bonds. The molecule has 0 aliphatic heterocycles. The van der Waals surface area contributed by atoms with Gasteiger partial charge in [0.2, 0.25) is 5.91 Å². The van der Waals surface area contributed by atoms with Gasteiger partial charge in [-0.1, -0.05) is 0 Å². The molecule has 0 spiro atoms. The topological polar surface area (TPSA) is 105 Å². The van der Waals surface area contributed by atoms with Crippen LogP contribution >= 0.6 is 11.8 Å². The summed E-state index contributed by atoms with van der Waals surface area (Å²) in [5, 5.41) is 13.9. The summed E-state index contributed by atoms with van der Waals surface area (Å²) in [6.45, 7) is 5.12. The molecule has 0 aromatic heterocycles. The first-order valence-electron chi connectivity index (χ1n) is 6.66. The Balaban J connectivity index is 4.06. The summed E-state index contributed by atoms with van der Waals surface area (Å²) in [7, 11) is 1.57. The van der Waals surface area contributed by atoms with Crippen LogP contribution in [0.5, 0.6) is 0 Å². The summed E-state index contributed by atoms with van der Waals surface area (Å²) in [6.07, 6.45) is -0.0870. The van der Waals surface area contributed by atoms with E-state index < -0.39 is 23.7 Å². The Hall–Kier alpha value is -1.44. The van der Waals surface area contributed by atoms with Crippen molar-refractivity contribution in [2.45, 2.75) is 45.3 Å². The van der Waals surface area contributed by atoms with E-state index in [-0.39, 0.29) is 12.3 Å². The molecule has 0 aromatic carbocycles. The Morgan fingerprint density at radius 3 is 2.33 bits per heavy atom. The van der Waals surface area contributed by atoms with E-state index >= 15 is 0 Å². The zero-order chi connectivity index (χ0) is 16.5. The number of carboxylic acid groups (broad SMARTS) is 1. The summed E-state index contributed by atoms with van der Waals surface area (Å²) in [4.78, 5) is 33.6. The molecule has 1 unspecified atom stereocenters. The molecule has 8 heteroatoms. The number of amides is 2. The summed E-state index contributed by atoms with van der Waals surface area (Å²) in [5.74, 6) is -0.0145. The van der Waals surface area contributed by atoms with Gasteiger partial charge in [0.05, 0.1) is 0 Å². The quantitative estimate of drug-likeness (QED) is 0.581. The smallest absolute Gasteiger partial charge is 0.408 e. The summed E-state index contributed by atoms with van der Waals surface area (Å²) in [5.41, 5.74) is -0.671. The Labute approximate surface area is 129 Å². The predicted molar refractivity (Wildman–Crippen MR) is 81.4 cm³/mol. The van der Waals surface area contributed by atoms with Crippen molar-refractivity contribution in [2.24, 2.45) is 0 Å². The lowest BCUT2D eigenvalue weighted by atomic mass is 10.2. The number of aliphatic carboxylic acids is 1. The Morgan fingerprint density at radius 2 is 1.86 bits per heavy atom. The van der Waals surface area contributed by atoms with Crippen LogP contribution in [0.4, 0.5) is 4.79 Å². The first-order valence-corrected chi connectivity index (χ1v) is 7.82. The first-order chi connectivity index (χ1) is 9.65. The summed E-state index contributed by atoms with van der Waals surface area (Å²) < 4.78 is 5.02. The van der Waals surface area contributed by atoms with Crippen LogP contribution in [0, 0.1) is 0 Å². The van der Waals surface area contributed by atoms with Gasteiger partial charge in [0.1, 0.15) is 11.6 Å². The zero-order valence-corrected chi connectivity index (χ0v) is 13.7. The number of carboxylic acids is 1. The number of hydrogen-bond acceptors (Lipinski definition) is 5. The SMILES string of the molecule is CNC(=O)CCSCCC(NC(=O)OC(C)(C)C)C(=O)O. The highest BCUT2D eigenvalue weighted by atomic mass is 32.2. The van der Waals surface area contributed by atoms with Gasteiger partial charge in [0, 0.05) is 19.2 Å². The van der Waals surface area contributed by atoms with Crippen LogP contribution in [-0.4, -0.2) is 53.3 Å². The van der Waals surface area contributed by atoms with E-state index in [1.807, 2.05) is 0 Å². The highest BCUT2D eigenvalue weighted by Gasteiger charge is 2.23. The highest BCUT2D eigenvalue weighted by molar-refractivity contribution is 7.99. The lowest BCUT2D eigenvalue weighted by molar-refractivity contribution is -0.139. The minimum Gasteiger partial charge on any atom is -0.480 e. The van der Waals surface area contributed by atoms with Gasteiger partial charge in [-0.2, -0.15) is 11.8 Å². The van der Waals surface area contributed by atoms with Gasteiger partial charge in [-0.3, -0.25) is 4.79 Å². The van der Waals surface area contributed by atoms with Crippen molar-refractivity contribution in [1.82, 2.24) is 10.6 Å². The van der Waals surface area contributed by atoms with Crippen LogP contribution in [-0.2, 0) is 14.3 Å². The van der Waals surface area contributed by atoms with Crippen molar-refractivity contribution < 1.29 is 24.2 Å². The van der Waals surface area contributed by atoms with E-state index in [1.165, 1.54) is 11.8 Å². The molecule has 0 heterocycles. The van der Waals surface area contributed by atoms with Gasteiger partial charge in [0.25, 0.3) is 0 Å². The molecule has 122 valence electrons. The molecule has 3 N–H and O–H groups in total. The molecule has 21 heavy (non-hydrogen) atoms. The van der Waals surface area contributed by atoms with Gasteiger partial charge in [-0.25, -0.2) is 9.59 Å².